The average molecular weight is 294 g/mol. The quantitative estimate of drug-likeness (QED) is 0.661. The second-order valence-electron chi connectivity index (χ2n) is 5.05. The number of carbonyl (C=O) groups is 1. The Bertz CT molecular complexity index is 577. The average Bonchev–Trinajstić information content (AvgIpc) is 2.45. The van der Waals surface area contributed by atoms with Crippen molar-refractivity contribution in [3.05, 3.63) is 33.9 Å². The highest BCUT2D eigenvalue weighted by Gasteiger charge is 2.40. The Labute approximate surface area is 119 Å². The van der Waals surface area contributed by atoms with Crippen molar-refractivity contribution in [3.63, 3.8) is 0 Å². The number of hydrogen-bond donors (Lipinski definition) is 1. The Balaban J connectivity index is 2.04. The van der Waals surface area contributed by atoms with Gasteiger partial charge in [-0.1, -0.05) is 0 Å². The van der Waals surface area contributed by atoms with Crippen LogP contribution in [0.5, 0.6) is 0 Å². The fourth-order valence-corrected chi connectivity index (χ4v) is 4.16. The molecule has 1 fully saturated rings. The van der Waals surface area contributed by atoms with E-state index in [9.17, 15) is 20.0 Å². The summed E-state index contributed by atoms with van der Waals surface area (Å²) >= 11 is 1.77. The summed E-state index contributed by atoms with van der Waals surface area (Å²) in [5, 5.41) is 20.3. The fraction of sp³-hybridized carbons (Fsp3) is 0.462. The third kappa shape index (κ3) is 2.11. The number of carboxylic acid groups (broad SMARTS) is 1. The van der Waals surface area contributed by atoms with E-state index in [2.05, 4.69) is 4.90 Å². The molecule has 0 radical (unpaired) electrons. The first-order valence-electron chi connectivity index (χ1n) is 6.42. The molecule has 20 heavy (non-hydrogen) atoms. The Morgan fingerprint density at radius 2 is 2.30 bits per heavy atom. The van der Waals surface area contributed by atoms with Crippen molar-refractivity contribution in [3.8, 4) is 0 Å². The van der Waals surface area contributed by atoms with E-state index in [1.807, 2.05) is 0 Å². The molecule has 0 unspecified atom stereocenters. The van der Waals surface area contributed by atoms with Crippen LogP contribution >= 0.6 is 11.8 Å². The molecule has 1 N–H and O–H groups in total. The molecule has 0 spiro atoms. The normalized spacial score (nSPS) is 24.7. The van der Waals surface area contributed by atoms with Crippen molar-refractivity contribution >= 4 is 29.1 Å². The van der Waals surface area contributed by atoms with Crippen LogP contribution in [0, 0.1) is 16.0 Å². The Morgan fingerprint density at radius 1 is 1.50 bits per heavy atom. The summed E-state index contributed by atoms with van der Waals surface area (Å²) in [6, 6.07) is 4.76. The molecular formula is C13H14N2O4S. The predicted octanol–water partition coefficient (Wildman–Crippen LogP) is 1.77. The number of benzene rings is 1. The zero-order valence-electron chi connectivity index (χ0n) is 10.7. The molecular weight excluding hydrogens is 280 g/mol. The first-order valence-corrected chi connectivity index (χ1v) is 7.58. The third-order valence-electron chi connectivity index (χ3n) is 3.97. The van der Waals surface area contributed by atoms with Gasteiger partial charge in [-0.25, -0.2) is 0 Å². The zero-order valence-corrected chi connectivity index (χ0v) is 11.5. The molecule has 2 atom stereocenters. The molecule has 7 heteroatoms. The van der Waals surface area contributed by atoms with E-state index in [1.165, 1.54) is 12.1 Å². The van der Waals surface area contributed by atoms with E-state index >= 15 is 0 Å². The zero-order chi connectivity index (χ0) is 14.3. The van der Waals surface area contributed by atoms with Gasteiger partial charge < -0.3 is 10.0 Å². The van der Waals surface area contributed by atoms with Gasteiger partial charge in [-0.15, -0.1) is 0 Å². The number of nitrogens with zero attached hydrogens (tertiary/aromatic N) is 2. The number of aliphatic carboxylic acids is 1. The molecule has 3 rings (SSSR count). The highest BCUT2D eigenvalue weighted by molar-refractivity contribution is 7.99. The van der Waals surface area contributed by atoms with Crippen LogP contribution in [-0.2, 0) is 11.2 Å². The smallest absolute Gasteiger partial charge is 0.308 e. The van der Waals surface area contributed by atoms with Crippen LogP contribution in [0.15, 0.2) is 18.2 Å². The molecule has 0 amide bonds. The van der Waals surface area contributed by atoms with E-state index in [0.717, 1.165) is 29.3 Å². The summed E-state index contributed by atoms with van der Waals surface area (Å²) in [7, 11) is 0. The minimum Gasteiger partial charge on any atom is -0.481 e. The van der Waals surface area contributed by atoms with Gasteiger partial charge in [-0.2, -0.15) is 11.8 Å². The van der Waals surface area contributed by atoms with Crippen molar-refractivity contribution in [2.75, 3.05) is 23.0 Å². The van der Waals surface area contributed by atoms with Crippen LogP contribution in [0.4, 0.5) is 11.4 Å². The molecule has 2 aliphatic rings. The second kappa shape index (κ2) is 4.97. The third-order valence-corrected chi connectivity index (χ3v) is 5.02. The standard InChI is InChI=1S/C13H14N2O4S/c16-13(17)10-6-8-5-9(15(18)19)1-2-11(8)14-3-4-20-7-12(10)14/h1-2,5,10,12H,3-4,6-7H2,(H,16,17)/t10-,12-/m1/s1. The van der Waals surface area contributed by atoms with Gasteiger partial charge in [0.1, 0.15) is 0 Å². The maximum atomic E-state index is 11.5. The maximum absolute atomic E-state index is 11.5. The SMILES string of the molecule is O=C(O)[C@@H]1Cc2cc([N+](=O)[O-])ccc2N2CCSC[C@H]12. The maximum Gasteiger partial charge on any atom is 0.308 e. The number of nitro benzene ring substituents is 1. The van der Waals surface area contributed by atoms with Crippen molar-refractivity contribution in [1.29, 1.82) is 0 Å². The number of rotatable bonds is 2. The molecule has 1 saturated heterocycles. The van der Waals surface area contributed by atoms with Gasteiger partial charge in [0.05, 0.1) is 16.9 Å². The van der Waals surface area contributed by atoms with Gasteiger partial charge in [0.15, 0.2) is 0 Å². The van der Waals surface area contributed by atoms with Gasteiger partial charge in [-0.05, 0) is 18.1 Å². The number of thioether (sulfide) groups is 1. The van der Waals surface area contributed by atoms with E-state index < -0.39 is 16.8 Å². The molecule has 106 valence electrons. The van der Waals surface area contributed by atoms with Gasteiger partial charge in [-0.3, -0.25) is 14.9 Å². The summed E-state index contributed by atoms with van der Waals surface area (Å²) in [4.78, 5) is 24.0. The lowest BCUT2D eigenvalue weighted by molar-refractivity contribution is -0.384. The van der Waals surface area contributed by atoms with E-state index in [-0.39, 0.29) is 11.7 Å². The second-order valence-corrected chi connectivity index (χ2v) is 6.20. The molecule has 1 aromatic rings. The Kier molecular flexibility index (Phi) is 3.29. The van der Waals surface area contributed by atoms with Gasteiger partial charge in [0, 0.05) is 35.9 Å². The minimum absolute atomic E-state index is 0.0137. The highest BCUT2D eigenvalue weighted by Crippen LogP contribution is 2.39. The monoisotopic (exact) mass is 294 g/mol. The Hall–Kier alpha value is -1.76. The molecule has 6 nitrogen and oxygen atoms in total. The van der Waals surface area contributed by atoms with Gasteiger partial charge in [0.25, 0.3) is 5.69 Å². The minimum atomic E-state index is -0.820. The largest absolute Gasteiger partial charge is 0.481 e. The molecule has 0 bridgehead atoms. The van der Waals surface area contributed by atoms with Crippen LogP contribution in [0.1, 0.15) is 5.56 Å². The van der Waals surface area contributed by atoms with Crippen LogP contribution in [0.25, 0.3) is 0 Å². The van der Waals surface area contributed by atoms with Crippen LogP contribution in [-0.4, -0.2) is 40.1 Å². The van der Waals surface area contributed by atoms with Gasteiger partial charge in [0.2, 0.25) is 0 Å². The summed E-state index contributed by atoms with van der Waals surface area (Å²) in [6.45, 7) is 0.796. The number of hydrogen-bond acceptors (Lipinski definition) is 5. The predicted molar refractivity (Wildman–Crippen MR) is 76.4 cm³/mol. The topological polar surface area (TPSA) is 83.7 Å². The lowest BCUT2D eigenvalue weighted by Gasteiger charge is -2.44. The van der Waals surface area contributed by atoms with E-state index in [1.54, 1.807) is 17.8 Å². The highest BCUT2D eigenvalue weighted by atomic mass is 32.2. The number of nitro groups is 1. The number of fused-ring (bicyclic) bond motifs is 3. The Morgan fingerprint density at radius 3 is 3.00 bits per heavy atom. The number of non-ortho nitro benzene ring substituents is 1. The van der Waals surface area contributed by atoms with Crippen molar-refractivity contribution < 1.29 is 14.8 Å². The molecule has 0 saturated carbocycles. The van der Waals surface area contributed by atoms with Crippen LogP contribution in [0.3, 0.4) is 0 Å². The molecule has 0 aliphatic carbocycles. The summed E-state index contributed by atoms with van der Waals surface area (Å²) in [5.41, 5.74) is 1.76. The van der Waals surface area contributed by atoms with E-state index in [0.29, 0.717) is 6.42 Å². The lowest BCUT2D eigenvalue weighted by atomic mass is 9.86. The number of carboxylic acids is 1. The van der Waals surface area contributed by atoms with Crippen molar-refractivity contribution in [2.24, 2.45) is 5.92 Å². The van der Waals surface area contributed by atoms with Crippen molar-refractivity contribution in [1.82, 2.24) is 0 Å². The van der Waals surface area contributed by atoms with Crippen LogP contribution < -0.4 is 4.90 Å². The summed E-state index contributed by atoms with van der Waals surface area (Å²) in [6.07, 6.45) is 0.369. The fourth-order valence-electron chi connectivity index (χ4n) is 3.01. The summed E-state index contributed by atoms with van der Waals surface area (Å²) in [5.74, 6) is 0.448. The van der Waals surface area contributed by atoms with Crippen molar-refractivity contribution in [2.45, 2.75) is 12.5 Å². The molecule has 0 aromatic heterocycles. The van der Waals surface area contributed by atoms with Crippen LogP contribution in [0.2, 0.25) is 0 Å². The first kappa shape index (κ1) is 13.2. The number of anilines is 1. The summed E-state index contributed by atoms with van der Waals surface area (Å²) < 4.78 is 0. The van der Waals surface area contributed by atoms with E-state index in [4.69, 9.17) is 0 Å². The van der Waals surface area contributed by atoms with Gasteiger partial charge >= 0.3 is 5.97 Å². The lowest BCUT2D eigenvalue weighted by Crippen LogP contribution is -2.52. The first-order chi connectivity index (χ1) is 9.58. The molecule has 2 aliphatic heterocycles. The molecule has 2 heterocycles. The molecule has 1 aromatic carbocycles.